The molecule has 51 heavy (non-hydrogen) atoms. The minimum absolute atomic E-state index is 0.0192. The van der Waals surface area contributed by atoms with Crippen LogP contribution in [0.4, 0.5) is 13.2 Å². The quantitative estimate of drug-likeness (QED) is 0.198. The summed E-state index contributed by atoms with van der Waals surface area (Å²) in [7, 11) is 0. The molecule has 4 atom stereocenters. The fourth-order valence-corrected chi connectivity index (χ4v) is 7.55. The van der Waals surface area contributed by atoms with Gasteiger partial charge >= 0.3 is 12.1 Å². The molecule has 6 rings (SSSR count). The van der Waals surface area contributed by atoms with Crippen LogP contribution in [-0.4, -0.2) is 70.7 Å². The maximum absolute atomic E-state index is 13.0. The predicted molar refractivity (Wildman–Crippen MR) is 187 cm³/mol. The molecule has 0 bridgehead atoms. The first-order chi connectivity index (χ1) is 24.6. The zero-order valence-corrected chi connectivity index (χ0v) is 28.7. The molecule has 2 N–H and O–H groups in total. The summed E-state index contributed by atoms with van der Waals surface area (Å²) < 4.78 is 52.3. The molecule has 3 aromatic rings. The van der Waals surface area contributed by atoms with Gasteiger partial charge < -0.3 is 24.8 Å². The van der Waals surface area contributed by atoms with Crippen molar-refractivity contribution in [3.8, 4) is 11.1 Å². The first-order valence-corrected chi connectivity index (χ1v) is 17.8. The van der Waals surface area contributed by atoms with Gasteiger partial charge in [0.15, 0.2) is 6.29 Å². The molecule has 0 unspecified atom stereocenters. The molecule has 1 saturated carbocycles. The number of aliphatic hydroxyl groups is 1. The molecule has 2 saturated heterocycles. The van der Waals surface area contributed by atoms with Gasteiger partial charge in [-0.05, 0) is 59.6 Å². The SMILES string of the molecule is C=CCN(C[C@H]1C[C@@H](c2ccc(CO)cc2)O[C@@H](c2ccc(-c3cccc(CNC(=O)[C@@H]4CCCN4C(=O)C(F)(F)F)c3)cc2)O1)C1CCCC1. The third-order valence-electron chi connectivity index (χ3n) is 10.2. The van der Waals surface area contributed by atoms with E-state index >= 15 is 0 Å². The van der Waals surface area contributed by atoms with Crippen LogP contribution in [0.1, 0.15) is 79.6 Å². The number of hydrogen-bond acceptors (Lipinski definition) is 6. The lowest BCUT2D eigenvalue weighted by atomic mass is 9.98. The summed E-state index contributed by atoms with van der Waals surface area (Å²) in [5.74, 6) is -2.57. The van der Waals surface area contributed by atoms with Crippen LogP contribution in [0.15, 0.2) is 85.5 Å². The van der Waals surface area contributed by atoms with E-state index in [2.05, 4.69) is 16.8 Å². The summed E-state index contributed by atoms with van der Waals surface area (Å²) in [5.41, 5.74) is 5.39. The van der Waals surface area contributed by atoms with E-state index in [0.717, 1.165) is 46.5 Å². The van der Waals surface area contributed by atoms with Gasteiger partial charge in [0.2, 0.25) is 5.91 Å². The Hall–Kier alpha value is -4.03. The molecule has 2 heterocycles. The van der Waals surface area contributed by atoms with E-state index in [1.54, 1.807) is 0 Å². The number of alkyl halides is 3. The number of rotatable bonds is 12. The number of nitrogens with one attached hydrogen (secondary N) is 1. The number of amides is 2. The first kappa shape index (κ1) is 36.8. The Bertz CT molecular complexity index is 1640. The van der Waals surface area contributed by atoms with Crippen molar-refractivity contribution in [2.75, 3.05) is 19.6 Å². The van der Waals surface area contributed by atoms with Crippen LogP contribution in [0.5, 0.6) is 0 Å². The Labute approximate surface area is 297 Å². The van der Waals surface area contributed by atoms with E-state index in [-0.39, 0.29) is 38.3 Å². The molecule has 2 amide bonds. The molecule has 3 aliphatic rings. The summed E-state index contributed by atoms with van der Waals surface area (Å²) in [6.45, 7) is 5.59. The lowest BCUT2D eigenvalue weighted by molar-refractivity contribution is -0.253. The topological polar surface area (TPSA) is 91.3 Å². The van der Waals surface area contributed by atoms with Crippen molar-refractivity contribution < 1.29 is 37.3 Å². The number of ether oxygens (including phenoxy) is 2. The summed E-state index contributed by atoms with van der Waals surface area (Å²) in [6, 6.07) is 22.8. The molecule has 2 aliphatic heterocycles. The van der Waals surface area contributed by atoms with Crippen molar-refractivity contribution in [3.63, 3.8) is 0 Å². The molecule has 11 heteroatoms. The fraction of sp³-hybridized carbons (Fsp3) is 0.450. The zero-order chi connectivity index (χ0) is 36.0. The van der Waals surface area contributed by atoms with Gasteiger partial charge in [-0.1, -0.05) is 85.6 Å². The average Bonchev–Trinajstić information content (AvgIpc) is 3.87. The van der Waals surface area contributed by atoms with Crippen molar-refractivity contribution in [2.45, 2.75) is 94.9 Å². The van der Waals surface area contributed by atoms with Crippen LogP contribution in [-0.2, 0) is 32.2 Å². The van der Waals surface area contributed by atoms with Crippen LogP contribution < -0.4 is 5.32 Å². The molecule has 0 radical (unpaired) electrons. The van der Waals surface area contributed by atoms with Crippen molar-refractivity contribution in [3.05, 3.63) is 108 Å². The number of carbonyl (C=O) groups is 2. The maximum Gasteiger partial charge on any atom is 0.471 e. The number of carbonyl (C=O) groups excluding carboxylic acids is 2. The number of likely N-dealkylation sites (tertiary alicyclic amines) is 1. The summed E-state index contributed by atoms with van der Waals surface area (Å²) in [6.07, 6.45) is 2.20. The summed E-state index contributed by atoms with van der Waals surface area (Å²) in [5, 5.41) is 12.3. The maximum atomic E-state index is 13.0. The average molecular weight is 706 g/mol. The molecule has 8 nitrogen and oxygen atoms in total. The van der Waals surface area contributed by atoms with E-state index in [1.165, 1.54) is 25.7 Å². The zero-order valence-electron chi connectivity index (χ0n) is 28.7. The van der Waals surface area contributed by atoms with Crippen LogP contribution in [0.25, 0.3) is 11.1 Å². The number of nitrogens with zero attached hydrogens (tertiary/aromatic N) is 2. The van der Waals surface area contributed by atoms with E-state index in [1.807, 2.05) is 78.9 Å². The Morgan fingerprint density at radius 1 is 0.922 bits per heavy atom. The second-order valence-electron chi connectivity index (χ2n) is 13.7. The smallest absolute Gasteiger partial charge is 0.392 e. The largest absolute Gasteiger partial charge is 0.471 e. The Morgan fingerprint density at radius 2 is 1.65 bits per heavy atom. The Balaban J connectivity index is 1.14. The molecule has 1 aliphatic carbocycles. The van der Waals surface area contributed by atoms with Gasteiger partial charge in [-0.15, -0.1) is 6.58 Å². The van der Waals surface area contributed by atoms with E-state index < -0.39 is 30.3 Å². The van der Waals surface area contributed by atoms with E-state index in [0.29, 0.717) is 23.8 Å². The second-order valence-corrected chi connectivity index (χ2v) is 13.7. The molecular weight excluding hydrogens is 659 g/mol. The second kappa shape index (κ2) is 16.5. The highest BCUT2D eigenvalue weighted by molar-refractivity contribution is 5.90. The van der Waals surface area contributed by atoms with Gasteiger partial charge in [0.1, 0.15) is 6.04 Å². The summed E-state index contributed by atoms with van der Waals surface area (Å²) >= 11 is 0. The predicted octanol–water partition coefficient (Wildman–Crippen LogP) is 6.99. The van der Waals surface area contributed by atoms with Gasteiger partial charge in [0, 0.05) is 44.2 Å². The van der Waals surface area contributed by atoms with Crippen molar-refractivity contribution >= 4 is 11.8 Å². The van der Waals surface area contributed by atoms with Crippen molar-refractivity contribution in [1.82, 2.24) is 15.1 Å². The number of halogens is 3. The van der Waals surface area contributed by atoms with Crippen LogP contribution in [0.2, 0.25) is 0 Å². The van der Waals surface area contributed by atoms with Gasteiger partial charge in [-0.25, -0.2) is 0 Å². The van der Waals surface area contributed by atoms with Gasteiger partial charge in [0.25, 0.3) is 0 Å². The van der Waals surface area contributed by atoms with Crippen LogP contribution >= 0.6 is 0 Å². The normalized spacial score (nSPS) is 22.7. The van der Waals surface area contributed by atoms with E-state index in [4.69, 9.17) is 9.47 Å². The standard InChI is InChI=1S/C40H46F3N3O5/c1-2-20-45(33-9-3-4-10-33)25-34-23-36(30-14-12-27(26-47)13-15-30)51-38(50-34)31-18-16-29(17-19-31)32-8-5-7-28(22-32)24-44-37(48)35-11-6-21-46(35)39(49)40(41,42)43/h2,5,7-8,12-19,22,33-36,38,47H,1,3-4,6,9-11,20-21,23-26H2,(H,44,48)/t34-,35+,36+,38+/m1/s1. The minimum atomic E-state index is -5.01. The van der Waals surface area contributed by atoms with Gasteiger partial charge in [-0.2, -0.15) is 13.2 Å². The lowest BCUT2D eigenvalue weighted by Crippen LogP contribution is -2.50. The third-order valence-corrected chi connectivity index (χ3v) is 10.2. The van der Waals surface area contributed by atoms with Crippen molar-refractivity contribution in [2.24, 2.45) is 0 Å². The number of hydrogen-bond donors (Lipinski definition) is 2. The minimum Gasteiger partial charge on any atom is -0.392 e. The molecule has 3 aromatic carbocycles. The summed E-state index contributed by atoms with van der Waals surface area (Å²) in [4.78, 5) is 27.7. The van der Waals surface area contributed by atoms with E-state index in [9.17, 15) is 27.9 Å². The number of aliphatic hydroxyl groups excluding tert-OH is 1. The molecule has 3 fully saturated rings. The first-order valence-electron chi connectivity index (χ1n) is 17.8. The van der Waals surface area contributed by atoms with Crippen LogP contribution in [0, 0.1) is 0 Å². The highest BCUT2D eigenvalue weighted by atomic mass is 19.4. The lowest BCUT2D eigenvalue weighted by Gasteiger charge is -2.39. The molecular formula is C40H46F3N3O5. The van der Waals surface area contributed by atoms with Crippen molar-refractivity contribution in [1.29, 1.82) is 0 Å². The Morgan fingerprint density at radius 3 is 2.33 bits per heavy atom. The monoisotopic (exact) mass is 705 g/mol. The molecule has 0 spiro atoms. The fourth-order valence-electron chi connectivity index (χ4n) is 7.55. The third kappa shape index (κ3) is 9.07. The molecule has 0 aromatic heterocycles. The highest BCUT2D eigenvalue weighted by Gasteiger charge is 2.47. The number of benzene rings is 3. The van der Waals surface area contributed by atoms with Gasteiger partial charge in [0.05, 0.1) is 18.8 Å². The Kier molecular flexibility index (Phi) is 11.9. The van der Waals surface area contributed by atoms with Gasteiger partial charge in [-0.3, -0.25) is 14.5 Å². The van der Waals surface area contributed by atoms with Crippen LogP contribution in [0.3, 0.4) is 0 Å². The highest BCUT2D eigenvalue weighted by Crippen LogP contribution is 2.39. The molecule has 272 valence electrons.